The normalized spacial score (nSPS) is 9.85. The van der Waals surface area contributed by atoms with Gasteiger partial charge in [0.05, 0.1) is 11.3 Å². The third-order valence-electron chi connectivity index (χ3n) is 1.88. The van der Waals surface area contributed by atoms with Gasteiger partial charge >= 0.3 is 0 Å². The molecule has 0 radical (unpaired) electrons. The van der Waals surface area contributed by atoms with Crippen LogP contribution >= 0.6 is 0 Å². The van der Waals surface area contributed by atoms with Gasteiger partial charge in [-0.3, -0.25) is 9.78 Å². The van der Waals surface area contributed by atoms with Gasteiger partial charge in [-0.15, -0.1) is 0 Å². The van der Waals surface area contributed by atoms with Gasteiger partial charge in [0.2, 0.25) is 0 Å². The second kappa shape index (κ2) is 3.56. The molecule has 0 bridgehead atoms. The van der Waals surface area contributed by atoms with Crippen LogP contribution in [0.1, 0.15) is 23.0 Å². The number of ketones is 1. The summed E-state index contributed by atoms with van der Waals surface area (Å²) in [5.74, 6) is 0.0520. The molecule has 0 saturated heterocycles. The standard InChI is InChI=1S/C10H14N2O/c1-7-5-10(12(3)4)9(6-11-7)8(2)13/h5-6H,1-4H3. The molecule has 0 aromatic carbocycles. The van der Waals surface area contributed by atoms with Gasteiger partial charge in [-0.05, 0) is 19.9 Å². The maximum absolute atomic E-state index is 11.2. The van der Waals surface area contributed by atoms with Crippen LogP contribution in [-0.4, -0.2) is 24.9 Å². The first kappa shape index (κ1) is 9.71. The number of Topliss-reactive ketones (excluding diaryl/α,β-unsaturated/α-hetero) is 1. The van der Waals surface area contributed by atoms with Crippen LogP contribution in [0.15, 0.2) is 12.3 Å². The number of aromatic nitrogens is 1. The molecular formula is C10H14N2O. The Morgan fingerprint density at radius 1 is 1.46 bits per heavy atom. The van der Waals surface area contributed by atoms with Crippen LogP contribution in [-0.2, 0) is 0 Å². The van der Waals surface area contributed by atoms with Crippen molar-refractivity contribution in [2.75, 3.05) is 19.0 Å². The lowest BCUT2D eigenvalue weighted by atomic mass is 10.1. The summed E-state index contributed by atoms with van der Waals surface area (Å²) in [6.45, 7) is 3.47. The van der Waals surface area contributed by atoms with Gasteiger partial charge in [0, 0.05) is 26.0 Å². The summed E-state index contributed by atoms with van der Waals surface area (Å²) in [6.07, 6.45) is 1.63. The van der Waals surface area contributed by atoms with E-state index in [2.05, 4.69) is 4.98 Å². The minimum absolute atomic E-state index is 0.0520. The minimum atomic E-state index is 0.0520. The van der Waals surface area contributed by atoms with E-state index in [9.17, 15) is 4.79 Å². The molecule has 3 heteroatoms. The van der Waals surface area contributed by atoms with Crippen molar-refractivity contribution >= 4 is 11.5 Å². The van der Waals surface area contributed by atoms with Crippen molar-refractivity contribution in [1.29, 1.82) is 0 Å². The van der Waals surface area contributed by atoms with E-state index < -0.39 is 0 Å². The minimum Gasteiger partial charge on any atom is -0.377 e. The summed E-state index contributed by atoms with van der Waals surface area (Å²) < 4.78 is 0. The molecule has 0 spiro atoms. The second-order valence-electron chi connectivity index (χ2n) is 3.29. The van der Waals surface area contributed by atoms with Crippen molar-refractivity contribution in [3.05, 3.63) is 23.5 Å². The zero-order valence-electron chi connectivity index (χ0n) is 8.46. The Morgan fingerprint density at radius 2 is 2.08 bits per heavy atom. The molecule has 0 N–H and O–H groups in total. The van der Waals surface area contributed by atoms with Crippen molar-refractivity contribution in [2.45, 2.75) is 13.8 Å². The van der Waals surface area contributed by atoms with E-state index in [4.69, 9.17) is 0 Å². The smallest absolute Gasteiger partial charge is 0.163 e. The molecule has 1 aromatic rings. The van der Waals surface area contributed by atoms with E-state index in [1.807, 2.05) is 32.0 Å². The summed E-state index contributed by atoms with van der Waals surface area (Å²) in [5.41, 5.74) is 2.53. The van der Waals surface area contributed by atoms with E-state index in [1.54, 1.807) is 13.1 Å². The fraction of sp³-hybridized carbons (Fsp3) is 0.400. The fourth-order valence-corrected chi connectivity index (χ4v) is 1.19. The number of carbonyl (C=O) groups is 1. The average molecular weight is 178 g/mol. The molecule has 70 valence electrons. The number of nitrogens with zero attached hydrogens (tertiary/aromatic N) is 2. The van der Waals surface area contributed by atoms with Crippen molar-refractivity contribution < 1.29 is 4.79 Å². The summed E-state index contributed by atoms with van der Waals surface area (Å²) in [5, 5.41) is 0. The molecule has 13 heavy (non-hydrogen) atoms. The van der Waals surface area contributed by atoms with E-state index in [-0.39, 0.29) is 5.78 Å². The third kappa shape index (κ3) is 2.05. The predicted molar refractivity (Wildman–Crippen MR) is 53.3 cm³/mol. The molecule has 0 amide bonds. The molecule has 3 nitrogen and oxygen atoms in total. The number of anilines is 1. The maximum Gasteiger partial charge on any atom is 0.163 e. The molecule has 1 heterocycles. The fourth-order valence-electron chi connectivity index (χ4n) is 1.19. The zero-order chi connectivity index (χ0) is 10.0. The molecule has 0 unspecified atom stereocenters. The van der Waals surface area contributed by atoms with Gasteiger partial charge in [0.1, 0.15) is 0 Å². The van der Waals surface area contributed by atoms with Crippen LogP contribution in [0, 0.1) is 6.92 Å². The molecular weight excluding hydrogens is 164 g/mol. The highest BCUT2D eigenvalue weighted by Crippen LogP contribution is 2.18. The number of hydrogen-bond donors (Lipinski definition) is 0. The maximum atomic E-state index is 11.2. The molecule has 0 aliphatic heterocycles. The molecule has 0 aliphatic rings. The van der Waals surface area contributed by atoms with Crippen LogP contribution in [0.25, 0.3) is 0 Å². The van der Waals surface area contributed by atoms with Gasteiger partial charge in [0.15, 0.2) is 5.78 Å². The Hall–Kier alpha value is -1.38. The largest absolute Gasteiger partial charge is 0.377 e. The number of rotatable bonds is 2. The van der Waals surface area contributed by atoms with Crippen molar-refractivity contribution in [1.82, 2.24) is 4.98 Å². The van der Waals surface area contributed by atoms with E-state index in [0.717, 1.165) is 11.4 Å². The molecule has 0 fully saturated rings. The first-order chi connectivity index (χ1) is 6.02. The molecule has 1 aromatic heterocycles. The Labute approximate surface area is 78.4 Å². The van der Waals surface area contributed by atoms with Gasteiger partial charge in [-0.25, -0.2) is 0 Å². The average Bonchev–Trinajstić information content (AvgIpc) is 2.03. The Bertz CT molecular complexity index is 332. The van der Waals surface area contributed by atoms with Crippen molar-refractivity contribution in [3.8, 4) is 0 Å². The van der Waals surface area contributed by atoms with Gasteiger partial charge in [-0.1, -0.05) is 0 Å². The summed E-state index contributed by atoms with van der Waals surface area (Å²) in [7, 11) is 3.84. The van der Waals surface area contributed by atoms with Crippen LogP contribution in [0.4, 0.5) is 5.69 Å². The summed E-state index contributed by atoms with van der Waals surface area (Å²) in [6, 6.07) is 1.91. The van der Waals surface area contributed by atoms with Crippen molar-refractivity contribution in [2.24, 2.45) is 0 Å². The van der Waals surface area contributed by atoms with Gasteiger partial charge in [0.25, 0.3) is 0 Å². The summed E-state index contributed by atoms with van der Waals surface area (Å²) >= 11 is 0. The lowest BCUT2D eigenvalue weighted by molar-refractivity contribution is 0.101. The van der Waals surface area contributed by atoms with Gasteiger partial charge in [-0.2, -0.15) is 0 Å². The number of carbonyl (C=O) groups excluding carboxylic acids is 1. The van der Waals surface area contributed by atoms with Crippen LogP contribution in [0.3, 0.4) is 0 Å². The van der Waals surface area contributed by atoms with Crippen LogP contribution in [0.5, 0.6) is 0 Å². The van der Waals surface area contributed by atoms with Crippen LogP contribution in [0.2, 0.25) is 0 Å². The highest BCUT2D eigenvalue weighted by Gasteiger charge is 2.09. The Morgan fingerprint density at radius 3 is 2.54 bits per heavy atom. The Balaban J connectivity index is 3.26. The zero-order valence-corrected chi connectivity index (χ0v) is 8.46. The highest BCUT2D eigenvalue weighted by atomic mass is 16.1. The first-order valence-electron chi connectivity index (χ1n) is 4.17. The molecule has 0 atom stereocenters. The number of aryl methyl sites for hydroxylation is 1. The molecule has 0 saturated carbocycles. The number of pyridine rings is 1. The van der Waals surface area contributed by atoms with Crippen molar-refractivity contribution in [3.63, 3.8) is 0 Å². The lowest BCUT2D eigenvalue weighted by Crippen LogP contribution is -2.13. The topological polar surface area (TPSA) is 33.2 Å². The SMILES string of the molecule is CC(=O)c1cnc(C)cc1N(C)C. The quantitative estimate of drug-likeness (QED) is 0.646. The highest BCUT2D eigenvalue weighted by molar-refractivity contribution is 5.99. The third-order valence-corrected chi connectivity index (χ3v) is 1.88. The molecule has 0 aliphatic carbocycles. The van der Waals surface area contributed by atoms with Gasteiger partial charge < -0.3 is 4.90 Å². The van der Waals surface area contributed by atoms with E-state index >= 15 is 0 Å². The lowest BCUT2D eigenvalue weighted by Gasteiger charge is -2.15. The number of hydrogen-bond acceptors (Lipinski definition) is 3. The summed E-state index contributed by atoms with van der Waals surface area (Å²) in [4.78, 5) is 17.2. The van der Waals surface area contributed by atoms with E-state index in [0.29, 0.717) is 5.56 Å². The Kier molecular flexibility index (Phi) is 2.66. The first-order valence-corrected chi connectivity index (χ1v) is 4.17. The predicted octanol–water partition coefficient (Wildman–Crippen LogP) is 1.66. The molecule has 1 rings (SSSR count). The van der Waals surface area contributed by atoms with E-state index in [1.165, 1.54) is 0 Å². The van der Waals surface area contributed by atoms with Crippen LogP contribution < -0.4 is 4.90 Å². The second-order valence-corrected chi connectivity index (χ2v) is 3.29. The monoisotopic (exact) mass is 178 g/mol.